The molecule has 0 fully saturated rings. The molecule has 0 aromatic carbocycles. The van der Waals surface area contributed by atoms with Crippen LogP contribution in [0.2, 0.25) is 0 Å². The minimum absolute atomic E-state index is 0.157. The Bertz CT molecular complexity index is 44.1. The molecule has 0 aromatic rings. The fourth-order valence-electron chi connectivity index (χ4n) is 0.0766. The van der Waals surface area contributed by atoms with E-state index in [0.717, 1.165) is 0 Å². The summed E-state index contributed by atoms with van der Waals surface area (Å²) in [5, 5.41) is -0.157. The van der Waals surface area contributed by atoms with Crippen LogP contribution in [0.5, 0.6) is 0 Å². The minimum atomic E-state index is -0.157. The SMILES string of the molecule is CC(Br)OC=O. The summed E-state index contributed by atoms with van der Waals surface area (Å²) >= 11 is 2.98. The average molecular weight is 153 g/mol. The predicted molar refractivity (Wildman–Crippen MR) is 25.5 cm³/mol. The zero-order valence-electron chi connectivity index (χ0n) is 3.35. The molecule has 0 N–H and O–H groups in total. The maximum Gasteiger partial charge on any atom is 0.294 e. The van der Waals surface area contributed by atoms with Crippen LogP contribution in [0.1, 0.15) is 6.92 Å². The number of hydrogen-bond donors (Lipinski definition) is 0. The van der Waals surface area contributed by atoms with Crippen molar-refractivity contribution in [2.24, 2.45) is 0 Å². The third-order valence-electron chi connectivity index (χ3n) is 0.243. The zero-order valence-corrected chi connectivity index (χ0v) is 4.94. The molecule has 0 aromatic heterocycles. The molecule has 0 amide bonds. The standard InChI is InChI=1S/C3H5BrO2/c1-3(4)6-2-5/h2-3H,1H3. The van der Waals surface area contributed by atoms with Gasteiger partial charge in [0.25, 0.3) is 6.47 Å². The molecule has 0 saturated carbocycles. The van der Waals surface area contributed by atoms with Crippen molar-refractivity contribution in [1.82, 2.24) is 0 Å². The van der Waals surface area contributed by atoms with E-state index in [1.165, 1.54) is 0 Å². The lowest BCUT2D eigenvalue weighted by Gasteiger charge is -1.93. The first-order valence-corrected chi connectivity index (χ1v) is 2.42. The van der Waals surface area contributed by atoms with Gasteiger partial charge in [-0.1, -0.05) is 0 Å². The molecule has 0 aliphatic rings. The van der Waals surface area contributed by atoms with Crippen LogP contribution in [0, 0.1) is 0 Å². The van der Waals surface area contributed by atoms with E-state index in [9.17, 15) is 4.79 Å². The highest BCUT2D eigenvalue weighted by Gasteiger charge is 1.86. The Morgan fingerprint density at radius 1 is 2.00 bits per heavy atom. The second-order valence-electron chi connectivity index (χ2n) is 0.775. The third-order valence-corrected chi connectivity index (χ3v) is 0.459. The highest BCUT2D eigenvalue weighted by Crippen LogP contribution is 1.94. The summed E-state index contributed by atoms with van der Waals surface area (Å²) in [7, 11) is 0. The number of ether oxygens (including phenoxy) is 1. The Labute approximate surface area is 44.6 Å². The molecular weight excluding hydrogens is 148 g/mol. The summed E-state index contributed by atoms with van der Waals surface area (Å²) in [5.41, 5.74) is 0. The molecule has 1 unspecified atom stereocenters. The van der Waals surface area contributed by atoms with E-state index in [4.69, 9.17) is 0 Å². The van der Waals surface area contributed by atoms with Crippen LogP contribution in [0.15, 0.2) is 0 Å². The predicted octanol–water partition coefficient (Wildman–Crippen LogP) is 0.900. The van der Waals surface area contributed by atoms with Crippen molar-refractivity contribution in [3.63, 3.8) is 0 Å². The molecular formula is C3H5BrO2. The summed E-state index contributed by atoms with van der Waals surface area (Å²) < 4.78 is 4.28. The van der Waals surface area contributed by atoms with E-state index in [-0.39, 0.29) is 5.01 Å². The zero-order chi connectivity index (χ0) is 4.99. The average Bonchev–Trinajstić information content (AvgIpc) is 1.35. The molecule has 2 nitrogen and oxygen atoms in total. The molecule has 6 heavy (non-hydrogen) atoms. The van der Waals surface area contributed by atoms with Crippen molar-refractivity contribution in [3.8, 4) is 0 Å². The lowest BCUT2D eigenvalue weighted by atomic mass is 10.9. The normalized spacial score (nSPS) is 13.0. The molecule has 0 rings (SSSR count). The van der Waals surface area contributed by atoms with Crippen molar-refractivity contribution in [1.29, 1.82) is 0 Å². The first kappa shape index (κ1) is 5.95. The summed E-state index contributed by atoms with van der Waals surface area (Å²) in [6.45, 7) is 2.12. The van der Waals surface area contributed by atoms with Crippen LogP contribution >= 0.6 is 15.9 Å². The number of halogens is 1. The van der Waals surface area contributed by atoms with Gasteiger partial charge in [-0.3, -0.25) is 4.79 Å². The van der Waals surface area contributed by atoms with Gasteiger partial charge >= 0.3 is 0 Å². The summed E-state index contributed by atoms with van der Waals surface area (Å²) in [6.07, 6.45) is 0. The number of hydrogen-bond acceptors (Lipinski definition) is 2. The van der Waals surface area contributed by atoms with Crippen molar-refractivity contribution < 1.29 is 9.53 Å². The largest absolute Gasteiger partial charge is 0.453 e. The van der Waals surface area contributed by atoms with E-state index in [1.807, 2.05) is 0 Å². The maximum absolute atomic E-state index is 9.36. The first-order chi connectivity index (χ1) is 2.77. The Morgan fingerprint density at radius 2 is 2.50 bits per heavy atom. The summed E-state index contributed by atoms with van der Waals surface area (Å²) in [5.74, 6) is 0. The Kier molecular flexibility index (Phi) is 3.13. The lowest BCUT2D eigenvalue weighted by molar-refractivity contribution is -0.129. The van der Waals surface area contributed by atoms with Gasteiger partial charge in [0.15, 0.2) is 5.01 Å². The van der Waals surface area contributed by atoms with Gasteiger partial charge in [-0.25, -0.2) is 0 Å². The monoisotopic (exact) mass is 152 g/mol. The van der Waals surface area contributed by atoms with Gasteiger partial charge in [0.2, 0.25) is 0 Å². The molecule has 3 heteroatoms. The summed E-state index contributed by atoms with van der Waals surface area (Å²) in [6, 6.07) is 0. The van der Waals surface area contributed by atoms with E-state index in [1.54, 1.807) is 6.92 Å². The molecule has 0 radical (unpaired) electrons. The molecule has 0 spiro atoms. The smallest absolute Gasteiger partial charge is 0.294 e. The third kappa shape index (κ3) is 3.95. The Morgan fingerprint density at radius 3 is 2.50 bits per heavy atom. The van der Waals surface area contributed by atoms with Crippen LogP contribution in [0.3, 0.4) is 0 Å². The highest BCUT2D eigenvalue weighted by molar-refractivity contribution is 9.09. The van der Waals surface area contributed by atoms with Crippen LogP contribution < -0.4 is 0 Å². The topological polar surface area (TPSA) is 26.3 Å². The Hall–Kier alpha value is -0.0500. The van der Waals surface area contributed by atoms with Crippen molar-refractivity contribution in [2.75, 3.05) is 0 Å². The van der Waals surface area contributed by atoms with E-state index in [2.05, 4.69) is 20.7 Å². The van der Waals surface area contributed by atoms with Crippen molar-refractivity contribution >= 4 is 22.4 Å². The maximum atomic E-state index is 9.36. The van der Waals surface area contributed by atoms with E-state index in [0.29, 0.717) is 6.47 Å². The molecule has 0 bridgehead atoms. The van der Waals surface area contributed by atoms with Crippen molar-refractivity contribution in [3.05, 3.63) is 0 Å². The fraction of sp³-hybridized carbons (Fsp3) is 0.667. The number of carbonyl (C=O) groups is 1. The quantitative estimate of drug-likeness (QED) is 0.435. The van der Waals surface area contributed by atoms with Gasteiger partial charge in [-0.15, -0.1) is 0 Å². The van der Waals surface area contributed by atoms with Gasteiger partial charge in [0.1, 0.15) is 0 Å². The number of alkyl halides is 1. The minimum Gasteiger partial charge on any atom is -0.453 e. The lowest BCUT2D eigenvalue weighted by Crippen LogP contribution is -1.93. The van der Waals surface area contributed by atoms with Crippen LogP contribution in [-0.4, -0.2) is 11.5 Å². The molecule has 0 aliphatic heterocycles. The van der Waals surface area contributed by atoms with E-state index >= 15 is 0 Å². The van der Waals surface area contributed by atoms with Gasteiger partial charge in [0.05, 0.1) is 0 Å². The molecule has 1 atom stereocenters. The van der Waals surface area contributed by atoms with Crippen molar-refractivity contribution in [2.45, 2.75) is 11.9 Å². The van der Waals surface area contributed by atoms with Gasteiger partial charge in [0, 0.05) is 0 Å². The fourth-order valence-corrected chi connectivity index (χ4v) is 0.165. The Balaban J connectivity index is 2.81. The van der Waals surface area contributed by atoms with Gasteiger partial charge in [-0.05, 0) is 22.9 Å². The number of carbonyl (C=O) groups excluding carboxylic acids is 1. The molecule has 0 heterocycles. The molecule has 0 aliphatic carbocycles. The van der Waals surface area contributed by atoms with Crippen LogP contribution in [0.4, 0.5) is 0 Å². The van der Waals surface area contributed by atoms with Gasteiger partial charge in [-0.2, -0.15) is 0 Å². The molecule has 36 valence electrons. The number of rotatable bonds is 2. The van der Waals surface area contributed by atoms with Crippen LogP contribution in [-0.2, 0) is 9.53 Å². The van der Waals surface area contributed by atoms with Gasteiger partial charge < -0.3 is 4.74 Å². The summed E-state index contributed by atoms with van der Waals surface area (Å²) in [4.78, 5) is 9.36. The van der Waals surface area contributed by atoms with Crippen LogP contribution in [0.25, 0.3) is 0 Å². The first-order valence-electron chi connectivity index (χ1n) is 1.50. The second-order valence-corrected chi connectivity index (χ2v) is 2.06. The molecule has 0 saturated heterocycles. The van der Waals surface area contributed by atoms with E-state index < -0.39 is 0 Å². The second kappa shape index (κ2) is 3.15. The highest BCUT2D eigenvalue weighted by atomic mass is 79.9.